The first-order chi connectivity index (χ1) is 10.1. The third-order valence-electron chi connectivity index (χ3n) is 2.99. The van der Waals surface area contributed by atoms with Gasteiger partial charge in [-0.25, -0.2) is 0 Å². The standard InChI is InChI=1S/C16H16N2O3/c17-15(19)13(11-7-3-1-4-8-11)21-14(16(18)20)12-9-5-2-6-10-12/h1-10,13-14H,(H2,17,19)(H2,18,20). The number of hydrogen-bond acceptors (Lipinski definition) is 3. The van der Waals surface area contributed by atoms with Crippen molar-refractivity contribution in [2.24, 2.45) is 11.5 Å². The number of benzene rings is 2. The summed E-state index contributed by atoms with van der Waals surface area (Å²) in [6.07, 6.45) is -2.08. The highest BCUT2D eigenvalue weighted by molar-refractivity contribution is 5.83. The van der Waals surface area contributed by atoms with Crippen LogP contribution in [0.2, 0.25) is 0 Å². The van der Waals surface area contributed by atoms with Gasteiger partial charge in [-0.2, -0.15) is 0 Å². The smallest absolute Gasteiger partial charge is 0.251 e. The number of hydrogen-bond donors (Lipinski definition) is 2. The highest BCUT2D eigenvalue weighted by atomic mass is 16.5. The van der Waals surface area contributed by atoms with E-state index in [4.69, 9.17) is 16.2 Å². The molecule has 4 N–H and O–H groups in total. The molecule has 2 unspecified atom stereocenters. The van der Waals surface area contributed by atoms with Crippen molar-refractivity contribution >= 4 is 11.8 Å². The van der Waals surface area contributed by atoms with Gasteiger partial charge >= 0.3 is 0 Å². The number of ether oxygens (including phenoxy) is 1. The third kappa shape index (κ3) is 3.67. The first-order valence-corrected chi connectivity index (χ1v) is 6.43. The molecule has 0 radical (unpaired) electrons. The van der Waals surface area contributed by atoms with E-state index in [0.29, 0.717) is 11.1 Å². The summed E-state index contributed by atoms with van der Waals surface area (Å²) < 4.78 is 5.60. The fourth-order valence-corrected chi connectivity index (χ4v) is 2.01. The molecule has 0 aromatic heterocycles. The van der Waals surface area contributed by atoms with Crippen LogP contribution >= 0.6 is 0 Å². The molecule has 0 spiro atoms. The first kappa shape index (κ1) is 14.7. The largest absolute Gasteiger partial charge is 0.367 e. The molecule has 0 aliphatic rings. The van der Waals surface area contributed by atoms with E-state index in [1.807, 2.05) is 12.1 Å². The fraction of sp³-hybridized carbons (Fsp3) is 0.125. The van der Waals surface area contributed by atoms with E-state index in [9.17, 15) is 9.59 Å². The van der Waals surface area contributed by atoms with Crippen LogP contribution in [0.15, 0.2) is 60.7 Å². The third-order valence-corrected chi connectivity index (χ3v) is 2.99. The van der Waals surface area contributed by atoms with Crippen LogP contribution < -0.4 is 11.5 Å². The quantitative estimate of drug-likeness (QED) is 0.840. The molecule has 108 valence electrons. The normalized spacial score (nSPS) is 13.3. The second-order valence-electron chi connectivity index (χ2n) is 4.52. The summed E-state index contributed by atoms with van der Waals surface area (Å²) >= 11 is 0. The minimum absolute atomic E-state index is 0.576. The average Bonchev–Trinajstić information content (AvgIpc) is 2.49. The van der Waals surface area contributed by atoms with Crippen molar-refractivity contribution in [3.8, 4) is 0 Å². The Hall–Kier alpha value is -2.66. The van der Waals surface area contributed by atoms with E-state index in [1.54, 1.807) is 48.5 Å². The summed E-state index contributed by atoms with van der Waals surface area (Å²) in [6, 6.07) is 17.5. The topological polar surface area (TPSA) is 95.4 Å². The number of nitrogens with two attached hydrogens (primary N) is 2. The van der Waals surface area contributed by atoms with Gasteiger partial charge < -0.3 is 16.2 Å². The average molecular weight is 284 g/mol. The molecule has 2 rings (SSSR count). The van der Waals surface area contributed by atoms with Gasteiger partial charge in [0.05, 0.1) is 0 Å². The molecule has 0 saturated carbocycles. The summed E-state index contributed by atoms with van der Waals surface area (Å²) in [7, 11) is 0. The minimum atomic E-state index is -1.04. The summed E-state index contributed by atoms with van der Waals surface area (Å²) in [4.78, 5) is 23.3. The van der Waals surface area contributed by atoms with Crippen molar-refractivity contribution < 1.29 is 14.3 Å². The number of rotatable bonds is 6. The van der Waals surface area contributed by atoms with Crippen molar-refractivity contribution in [2.75, 3.05) is 0 Å². The number of primary amides is 2. The van der Waals surface area contributed by atoms with Crippen LogP contribution in [0.5, 0.6) is 0 Å². The molecule has 21 heavy (non-hydrogen) atoms. The lowest BCUT2D eigenvalue weighted by molar-refractivity contribution is -0.143. The Morgan fingerprint density at radius 1 is 0.714 bits per heavy atom. The Labute approximate surface area is 122 Å². The number of carbonyl (C=O) groups excluding carboxylic acids is 2. The van der Waals surface area contributed by atoms with Gasteiger partial charge in [-0.1, -0.05) is 60.7 Å². The van der Waals surface area contributed by atoms with Crippen molar-refractivity contribution in [3.05, 3.63) is 71.8 Å². The molecule has 0 bridgehead atoms. The van der Waals surface area contributed by atoms with Gasteiger partial charge in [0.2, 0.25) is 0 Å². The predicted octanol–water partition coefficient (Wildman–Crippen LogP) is 1.46. The van der Waals surface area contributed by atoms with Crippen LogP contribution in [0.3, 0.4) is 0 Å². The molecule has 0 aliphatic carbocycles. The Morgan fingerprint density at radius 2 is 1.05 bits per heavy atom. The zero-order valence-electron chi connectivity index (χ0n) is 11.3. The van der Waals surface area contributed by atoms with Gasteiger partial charge in [0, 0.05) is 0 Å². The first-order valence-electron chi connectivity index (χ1n) is 6.43. The maximum absolute atomic E-state index is 11.6. The monoisotopic (exact) mass is 284 g/mol. The van der Waals surface area contributed by atoms with Crippen molar-refractivity contribution in [1.82, 2.24) is 0 Å². The van der Waals surface area contributed by atoms with E-state index in [-0.39, 0.29) is 0 Å². The molecule has 2 amide bonds. The summed E-state index contributed by atoms with van der Waals surface area (Å²) in [5.41, 5.74) is 11.9. The Kier molecular flexibility index (Phi) is 4.68. The highest BCUT2D eigenvalue weighted by Crippen LogP contribution is 2.26. The highest BCUT2D eigenvalue weighted by Gasteiger charge is 2.27. The molecular formula is C16H16N2O3. The summed E-state index contributed by atoms with van der Waals surface area (Å²) in [5, 5.41) is 0. The fourth-order valence-electron chi connectivity index (χ4n) is 2.01. The molecule has 2 aromatic carbocycles. The van der Waals surface area contributed by atoms with Crippen LogP contribution in [0.25, 0.3) is 0 Å². The van der Waals surface area contributed by atoms with Crippen LogP contribution in [0.4, 0.5) is 0 Å². The van der Waals surface area contributed by atoms with Crippen LogP contribution in [-0.2, 0) is 14.3 Å². The second kappa shape index (κ2) is 6.67. The maximum atomic E-state index is 11.6. The minimum Gasteiger partial charge on any atom is -0.367 e. The van der Waals surface area contributed by atoms with Crippen LogP contribution in [0.1, 0.15) is 23.3 Å². The molecular weight excluding hydrogens is 268 g/mol. The van der Waals surface area contributed by atoms with E-state index in [0.717, 1.165) is 0 Å². The molecule has 5 heteroatoms. The van der Waals surface area contributed by atoms with Gasteiger partial charge in [0.25, 0.3) is 11.8 Å². The van der Waals surface area contributed by atoms with Gasteiger partial charge in [-0.15, -0.1) is 0 Å². The van der Waals surface area contributed by atoms with Gasteiger partial charge in [0.1, 0.15) is 0 Å². The molecule has 0 fully saturated rings. The summed E-state index contributed by atoms with van der Waals surface area (Å²) in [6.45, 7) is 0. The van der Waals surface area contributed by atoms with E-state index >= 15 is 0 Å². The lowest BCUT2D eigenvalue weighted by Gasteiger charge is -2.21. The predicted molar refractivity (Wildman–Crippen MR) is 77.8 cm³/mol. The molecule has 2 atom stereocenters. The molecule has 0 heterocycles. The van der Waals surface area contributed by atoms with Crippen molar-refractivity contribution in [2.45, 2.75) is 12.2 Å². The Morgan fingerprint density at radius 3 is 1.33 bits per heavy atom. The van der Waals surface area contributed by atoms with Gasteiger partial charge in [0.15, 0.2) is 12.2 Å². The Balaban J connectivity index is 2.30. The van der Waals surface area contributed by atoms with Gasteiger partial charge in [-0.3, -0.25) is 9.59 Å². The van der Waals surface area contributed by atoms with E-state index in [2.05, 4.69) is 0 Å². The van der Waals surface area contributed by atoms with Crippen molar-refractivity contribution in [3.63, 3.8) is 0 Å². The summed E-state index contributed by atoms with van der Waals surface area (Å²) in [5.74, 6) is -1.35. The Bertz CT molecular complexity index is 558. The zero-order chi connectivity index (χ0) is 15.2. The van der Waals surface area contributed by atoms with Gasteiger partial charge in [-0.05, 0) is 11.1 Å². The van der Waals surface area contributed by atoms with Crippen molar-refractivity contribution in [1.29, 1.82) is 0 Å². The van der Waals surface area contributed by atoms with E-state index in [1.165, 1.54) is 0 Å². The second-order valence-corrected chi connectivity index (χ2v) is 4.52. The molecule has 2 aromatic rings. The molecule has 0 aliphatic heterocycles. The lowest BCUT2D eigenvalue weighted by atomic mass is 10.1. The van der Waals surface area contributed by atoms with E-state index < -0.39 is 24.0 Å². The van der Waals surface area contributed by atoms with Crippen LogP contribution in [0, 0.1) is 0 Å². The lowest BCUT2D eigenvalue weighted by Crippen LogP contribution is -2.31. The zero-order valence-corrected chi connectivity index (χ0v) is 11.3. The number of amides is 2. The maximum Gasteiger partial charge on any atom is 0.251 e. The molecule has 5 nitrogen and oxygen atoms in total. The van der Waals surface area contributed by atoms with Crippen LogP contribution in [-0.4, -0.2) is 11.8 Å². The SMILES string of the molecule is NC(=O)C(OC(C(N)=O)c1ccccc1)c1ccccc1. The molecule has 0 saturated heterocycles. The number of carbonyl (C=O) groups is 2.